The molecular formula is C20H20ClNO4. The number of rotatable bonds is 7. The Bertz CT molecular complexity index is 800. The van der Waals surface area contributed by atoms with Gasteiger partial charge in [-0.1, -0.05) is 43.6 Å². The maximum Gasteiger partial charge on any atom is 0.339 e. The molecule has 1 N–H and O–H groups in total. The summed E-state index contributed by atoms with van der Waals surface area (Å²) in [5.74, 6) is -1.12. The summed E-state index contributed by atoms with van der Waals surface area (Å²) >= 11 is 5.84. The highest BCUT2D eigenvalue weighted by Crippen LogP contribution is 2.17. The highest BCUT2D eigenvalue weighted by molar-refractivity contribution is 6.30. The number of benzene rings is 2. The van der Waals surface area contributed by atoms with E-state index in [1.165, 1.54) is 6.07 Å². The zero-order valence-electron chi connectivity index (χ0n) is 14.6. The topological polar surface area (TPSA) is 72.5 Å². The number of halogens is 1. The van der Waals surface area contributed by atoms with Crippen LogP contribution in [0.25, 0.3) is 0 Å². The Labute approximate surface area is 157 Å². The largest absolute Gasteiger partial charge is 0.452 e. The van der Waals surface area contributed by atoms with Gasteiger partial charge in [-0.05, 0) is 36.2 Å². The van der Waals surface area contributed by atoms with Gasteiger partial charge in [-0.15, -0.1) is 0 Å². The summed E-state index contributed by atoms with van der Waals surface area (Å²) in [6.45, 7) is 4.03. The fourth-order valence-electron chi connectivity index (χ4n) is 2.19. The molecule has 0 aromatic heterocycles. The summed E-state index contributed by atoms with van der Waals surface area (Å²) in [6, 6.07) is 12.7. The van der Waals surface area contributed by atoms with Crippen LogP contribution in [0.4, 0.5) is 0 Å². The van der Waals surface area contributed by atoms with Crippen molar-refractivity contribution in [1.82, 2.24) is 5.32 Å². The number of hydrogen-bond donors (Lipinski definition) is 1. The Morgan fingerprint density at radius 3 is 2.23 bits per heavy atom. The maximum atomic E-state index is 12.7. The van der Waals surface area contributed by atoms with Crippen LogP contribution >= 0.6 is 11.6 Å². The van der Waals surface area contributed by atoms with E-state index in [4.69, 9.17) is 16.3 Å². The van der Waals surface area contributed by atoms with Gasteiger partial charge in [0.05, 0.1) is 5.56 Å². The number of carbonyl (C=O) groups excluding carboxylic acids is 3. The van der Waals surface area contributed by atoms with Gasteiger partial charge in [0.25, 0.3) is 5.91 Å². The van der Waals surface area contributed by atoms with Crippen molar-refractivity contribution in [1.29, 1.82) is 0 Å². The van der Waals surface area contributed by atoms with Crippen molar-refractivity contribution >= 4 is 29.3 Å². The molecule has 0 fully saturated rings. The smallest absolute Gasteiger partial charge is 0.339 e. The highest BCUT2D eigenvalue weighted by atomic mass is 35.5. The molecule has 5 nitrogen and oxygen atoms in total. The third-order valence-electron chi connectivity index (χ3n) is 3.54. The molecule has 1 amide bonds. The van der Waals surface area contributed by atoms with Gasteiger partial charge in [0.1, 0.15) is 0 Å². The van der Waals surface area contributed by atoms with E-state index >= 15 is 0 Å². The third kappa shape index (κ3) is 5.43. The highest BCUT2D eigenvalue weighted by Gasteiger charge is 2.19. The number of ether oxygens (including phenoxy) is 1. The molecule has 136 valence electrons. The van der Waals surface area contributed by atoms with Gasteiger partial charge >= 0.3 is 5.97 Å². The molecule has 2 aromatic carbocycles. The second-order valence-electron chi connectivity index (χ2n) is 6.16. The fourth-order valence-corrected chi connectivity index (χ4v) is 2.32. The summed E-state index contributed by atoms with van der Waals surface area (Å²) in [5.41, 5.74) is 0.732. The normalized spacial score (nSPS) is 10.5. The summed E-state index contributed by atoms with van der Waals surface area (Å²) in [7, 11) is 0. The summed E-state index contributed by atoms with van der Waals surface area (Å²) < 4.78 is 5.04. The molecule has 0 saturated heterocycles. The Hall–Kier alpha value is -2.66. The number of hydrogen-bond acceptors (Lipinski definition) is 4. The molecule has 0 bridgehead atoms. The van der Waals surface area contributed by atoms with E-state index in [0.29, 0.717) is 23.0 Å². The monoisotopic (exact) mass is 373 g/mol. The molecule has 0 saturated carbocycles. The number of esters is 1. The number of carbonyl (C=O) groups is 3. The minimum Gasteiger partial charge on any atom is -0.452 e. The zero-order valence-corrected chi connectivity index (χ0v) is 15.4. The summed E-state index contributed by atoms with van der Waals surface area (Å²) in [6.07, 6.45) is 0. The Morgan fingerprint density at radius 2 is 1.62 bits per heavy atom. The van der Waals surface area contributed by atoms with Gasteiger partial charge < -0.3 is 10.1 Å². The lowest BCUT2D eigenvalue weighted by molar-refractivity contribution is -0.124. The van der Waals surface area contributed by atoms with E-state index in [-0.39, 0.29) is 22.8 Å². The van der Waals surface area contributed by atoms with E-state index in [2.05, 4.69) is 5.32 Å². The predicted octanol–water partition coefficient (Wildman–Crippen LogP) is 3.50. The van der Waals surface area contributed by atoms with Crippen molar-refractivity contribution < 1.29 is 19.1 Å². The average Bonchev–Trinajstić information content (AvgIpc) is 2.64. The van der Waals surface area contributed by atoms with Crippen LogP contribution in [0, 0.1) is 5.92 Å². The van der Waals surface area contributed by atoms with E-state index in [1.807, 2.05) is 13.8 Å². The number of amides is 1. The molecule has 0 aliphatic heterocycles. The Kier molecular flexibility index (Phi) is 6.92. The van der Waals surface area contributed by atoms with Crippen LogP contribution in [-0.2, 0) is 9.53 Å². The second kappa shape index (κ2) is 9.15. The van der Waals surface area contributed by atoms with Crippen molar-refractivity contribution in [2.75, 3.05) is 13.2 Å². The van der Waals surface area contributed by atoms with Gasteiger partial charge in [-0.3, -0.25) is 9.59 Å². The van der Waals surface area contributed by atoms with Gasteiger partial charge in [0.15, 0.2) is 12.4 Å². The van der Waals surface area contributed by atoms with E-state index in [9.17, 15) is 14.4 Å². The predicted molar refractivity (Wildman–Crippen MR) is 99.5 cm³/mol. The maximum absolute atomic E-state index is 12.7. The molecule has 26 heavy (non-hydrogen) atoms. The first kappa shape index (κ1) is 19.7. The third-order valence-corrected chi connectivity index (χ3v) is 3.79. The van der Waals surface area contributed by atoms with Crippen LogP contribution in [-0.4, -0.2) is 30.8 Å². The lowest BCUT2D eigenvalue weighted by atomic mass is 9.98. The molecule has 0 spiro atoms. The van der Waals surface area contributed by atoms with Crippen LogP contribution in [0.3, 0.4) is 0 Å². The first-order valence-electron chi connectivity index (χ1n) is 8.21. The molecule has 0 aliphatic rings. The SMILES string of the molecule is CC(C)CNC(=O)COC(=O)c1ccccc1C(=O)c1ccc(Cl)cc1. The first-order valence-corrected chi connectivity index (χ1v) is 8.59. The van der Waals surface area contributed by atoms with Gasteiger partial charge in [0.2, 0.25) is 0 Å². The summed E-state index contributed by atoms with van der Waals surface area (Å²) in [4.78, 5) is 36.7. The lowest BCUT2D eigenvalue weighted by Crippen LogP contribution is -2.31. The van der Waals surface area contributed by atoms with Crippen molar-refractivity contribution in [3.05, 3.63) is 70.2 Å². The minimum absolute atomic E-state index is 0.115. The van der Waals surface area contributed by atoms with Crippen LogP contribution in [0.1, 0.15) is 40.1 Å². The van der Waals surface area contributed by atoms with Gasteiger partial charge in [-0.25, -0.2) is 4.79 Å². The molecule has 0 heterocycles. The van der Waals surface area contributed by atoms with Crippen LogP contribution < -0.4 is 5.32 Å². The minimum atomic E-state index is -0.720. The van der Waals surface area contributed by atoms with Crippen LogP contribution in [0.2, 0.25) is 5.02 Å². The van der Waals surface area contributed by atoms with Crippen LogP contribution in [0.5, 0.6) is 0 Å². The standard InChI is InChI=1S/C20H20ClNO4/c1-13(2)11-22-18(23)12-26-20(25)17-6-4-3-5-16(17)19(24)14-7-9-15(21)10-8-14/h3-10,13H,11-12H2,1-2H3,(H,22,23). The van der Waals surface area contributed by atoms with Gasteiger partial charge in [-0.2, -0.15) is 0 Å². The molecular weight excluding hydrogens is 354 g/mol. The van der Waals surface area contributed by atoms with Gasteiger partial charge in [0, 0.05) is 22.7 Å². The Morgan fingerprint density at radius 1 is 1.00 bits per heavy atom. The molecule has 2 aromatic rings. The van der Waals surface area contributed by atoms with E-state index in [1.54, 1.807) is 42.5 Å². The molecule has 0 radical (unpaired) electrons. The van der Waals surface area contributed by atoms with Crippen molar-refractivity contribution in [3.8, 4) is 0 Å². The van der Waals surface area contributed by atoms with Crippen LogP contribution in [0.15, 0.2) is 48.5 Å². The average molecular weight is 374 g/mol. The van der Waals surface area contributed by atoms with E-state index < -0.39 is 12.6 Å². The van der Waals surface area contributed by atoms with E-state index in [0.717, 1.165) is 0 Å². The Balaban J connectivity index is 2.10. The first-order chi connectivity index (χ1) is 12.4. The number of nitrogens with one attached hydrogen (secondary N) is 1. The molecule has 0 unspecified atom stereocenters. The molecule has 2 rings (SSSR count). The molecule has 0 aliphatic carbocycles. The molecule has 0 atom stereocenters. The van der Waals surface area contributed by atoms with Crippen molar-refractivity contribution in [3.63, 3.8) is 0 Å². The number of ketones is 1. The second-order valence-corrected chi connectivity index (χ2v) is 6.59. The van der Waals surface area contributed by atoms with Crippen molar-refractivity contribution in [2.24, 2.45) is 5.92 Å². The lowest BCUT2D eigenvalue weighted by Gasteiger charge is -2.10. The quantitative estimate of drug-likeness (QED) is 0.595. The van der Waals surface area contributed by atoms with Crippen molar-refractivity contribution in [2.45, 2.75) is 13.8 Å². The summed E-state index contributed by atoms with van der Waals surface area (Å²) in [5, 5.41) is 3.18. The molecule has 6 heteroatoms. The zero-order chi connectivity index (χ0) is 19.1. The fraction of sp³-hybridized carbons (Fsp3) is 0.250.